The van der Waals surface area contributed by atoms with Gasteiger partial charge in [0.05, 0.1) is 0 Å². The number of hydrogen-bond acceptors (Lipinski definition) is 2. The zero-order valence-electron chi connectivity index (χ0n) is 16.7. The molecule has 0 saturated heterocycles. The van der Waals surface area contributed by atoms with E-state index in [1.807, 2.05) is 0 Å². The second-order valence-electron chi connectivity index (χ2n) is 10.5. The van der Waals surface area contributed by atoms with Gasteiger partial charge in [-0.3, -0.25) is 0 Å². The molecule has 0 unspecified atom stereocenters. The molecule has 0 aromatic carbocycles. The maximum Gasteiger partial charge on any atom is 0.173 e. The van der Waals surface area contributed by atoms with E-state index in [2.05, 4.69) is 79.3 Å². The fourth-order valence-corrected chi connectivity index (χ4v) is 23.0. The molecule has 0 amide bonds. The number of hydrogen-bond donors (Lipinski definition) is 0. The SMILES string of the molecule is CC(C)(C[Si](C)(C)O[Si](C)(C)C)C[Si](C)(C)O[Si](C)(C)C. The van der Waals surface area contributed by atoms with Crippen LogP contribution >= 0.6 is 0 Å². The van der Waals surface area contributed by atoms with Crippen molar-refractivity contribution in [3.8, 4) is 0 Å². The lowest BCUT2D eigenvalue weighted by Crippen LogP contribution is -2.48. The second kappa shape index (κ2) is 6.73. The average molecular weight is 365 g/mol. The van der Waals surface area contributed by atoms with Crippen LogP contribution in [0.5, 0.6) is 0 Å². The molecule has 0 aliphatic carbocycles. The molecule has 2 nitrogen and oxygen atoms in total. The molecular weight excluding hydrogens is 325 g/mol. The minimum Gasteiger partial charge on any atom is -0.456 e. The summed E-state index contributed by atoms with van der Waals surface area (Å²) in [4.78, 5) is 0. The van der Waals surface area contributed by atoms with Gasteiger partial charge >= 0.3 is 0 Å². The third-order valence-corrected chi connectivity index (χ3v) is 15.9. The highest BCUT2D eigenvalue weighted by molar-refractivity contribution is 6.85. The first kappa shape index (κ1) is 21.8. The molecule has 6 heteroatoms. The van der Waals surface area contributed by atoms with E-state index in [0.29, 0.717) is 5.41 Å². The van der Waals surface area contributed by atoms with Gasteiger partial charge in [0.2, 0.25) is 0 Å². The Balaban J connectivity index is 4.83. The summed E-state index contributed by atoms with van der Waals surface area (Å²) >= 11 is 0. The third-order valence-electron chi connectivity index (χ3n) is 2.97. The Morgan fingerprint density at radius 1 is 0.571 bits per heavy atom. The minimum absolute atomic E-state index is 0.324. The van der Waals surface area contributed by atoms with Crippen LogP contribution in [0.4, 0.5) is 0 Å². The molecule has 0 aromatic rings. The second-order valence-corrected chi connectivity index (χ2v) is 28.3. The van der Waals surface area contributed by atoms with Crippen molar-refractivity contribution in [3.05, 3.63) is 0 Å². The summed E-state index contributed by atoms with van der Waals surface area (Å²) in [7, 11) is -6.07. The highest BCUT2D eigenvalue weighted by Crippen LogP contribution is 2.38. The highest BCUT2D eigenvalue weighted by Gasteiger charge is 2.40. The Kier molecular flexibility index (Phi) is 6.98. The minimum atomic E-state index is -1.59. The highest BCUT2D eigenvalue weighted by atomic mass is 28.4. The van der Waals surface area contributed by atoms with Crippen LogP contribution < -0.4 is 0 Å². The summed E-state index contributed by atoms with van der Waals surface area (Å²) in [6.45, 7) is 28.2. The van der Waals surface area contributed by atoms with Gasteiger partial charge in [0.25, 0.3) is 0 Å². The Labute approximate surface area is 138 Å². The molecule has 0 rings (SSSR count). The molecule has 0 fully saturated rings. The first-order valence-electron chi connectivity index (χ1n) is 8.23. The van der Waals surface area contributed by atoms with Crippen LogP contribution in [0.2, 0.25) is 77.6 Å². The quantitative estimate of drug-likeness (QED) is 0.482. The Hall–Kier alpha value is 0.788. The monoisotopic (exact) mass is 364 g/mol. The summed E-state index contributed by atoms with van der Waals surface area (Å²) in [6, 6.07) is 2.46. The van der Waals surface area contributed by atoms with Gasteiger partial charge in [0.1, 0.15) is 0 Å². The molecule has 0 bridgehead atoms. The van der Waals surface area contributed by atoms with E-state index < -0.39 is 33.3 Å². The Bertz CT molecular complexity index is 307. The lowest BCUT2D eigenvalue weighted by atomic mass is 10.00. The van der Waals surface area contributed by atoms with Crippen molar-refractivity contribution in [2.24, 2.45) is 5.41 Å². The molecule has 0 aliphatic rings. The van der Waals surface area contributed by atoms with E-state index in [4.69, 9.17) is 8.23 Å². The largest absolute Gasteiger partial charge is 0.456 e. The van der Waals surface area contributed by atoms with Crippen molar-refractivity contribution in [1.29, 1.82) is 0 Å². The van der Waals surface area contributed by atoms with Crippen LogP contribution in [0.15, 0.2) is 0 Å². The standard InChI is InChI=1S/C15H40O2Si4/c1-15(2,13-20(9,10)16-18(3,4)5)14-21(11,12)17-19(6,7)8/h13-14H2,1-12H3. The van der Waals surface area contributed by atoms with Gasteiger partial charge in [-0.2, -0.15) is 0 Å². The van der Waals surface area contributed by atoms with E-state index >= 15 is 0 Å². The first-order chi connectivity index (χ1) is 8.83. The van der Waals surface area contributed by atoms with Crippen LogP contribution in [0, 0.1) is 5.41 Å². The van der Waals surface area contributed by atoms with Gasteiger partial charge in [-0.1, -0.05) is 13.8 Å². The van der Waals surface area contributed by atoms with E-state index in [1.54, 1.807) is 0 Å². The topological polar surface area (TPSA) is 18.5 Å². The number of rotatable bonds is 8. The van der Waals surface area contributed by atoms with E-state index in [9.17, 15) is 0 Å². The molecule has 0 heterocycles. The fraction of sp³-hybridized carbons (Fsp3) is 1.00. The Morgan fingerprint density at radius 3 is 1.00 bits per heavy atom. The molecule has 128 valence electrons. The van der Waals surface area contributed by atoms with Crippen LogP contribution in [-0.2, 0) is 8.23 Å². The van der Waals surface area contributed by atoms with E-state index in [0.717, 1.165) is 0 Å². The molecule has 0 spiro atoms. The van der Waals surface area contributed by atoms with E-state index in [-0.39, 0.29) is 0 Å². The van der Waals surface area contributed by atoms with Crippen molar-refractivity contribution < 1.29 is 8.23 Å². The van der Waals surface area contributed by atoms with Crippen molar-refractivity contribution in [2.45, 2.75) is 91.4 Å². The molecule has 0 saturated carbocycles. The predicted molar refractivity (Wildman–Crippen MR) is 107 cm³/mol. The van der Waals surface area contributed by atoms with E-state index in [1.165, 1.54) is 12.1 Å². The molecular formula is C15H40O2Si4. The fourth-order valence-electron chi connectivity index (χ4n) is 4.10. The molecule has 0 aromatic heterocycles. The summed E-state index contributed by atoms with van der Waals surface area (Å²) in [6.07, 6.45) is 0. The summed E-state index contributed by atoms with van der Waals surface area (Å²) in [5.41, 5.74) is 0.324. The predicted octanol–water partition coefficient (Wildman–Crippen LogP) is 6.13. The van der Waals surface area contributed by atoms with Gasteiger partial charge in [-0.15, -0.1) is 0 Å². The van der Waals surface area contributed by atoms with Crippen molar-refractivity contribution >= 4 is 33.3 Å². The zero-order chi connectivity index (χ0) is 17.3. The summed E-state index contributed by atoms with van der Waals surface area (Å²) in [5.74, 6) is 0. The summed E-state index contributed by atoms with van der Waals surface area (Å²) < 4.78 is 13.1. The van der Waals surface area contributed by atoms with Crippen molar-refractivity contribution in [3.63, 3.8) is 0 Å². The average Bonchev–Trinajstić information content (AvgIpc) is 1.83. The normalized spacial score (nSPS) is 15.4. The van der Waals surface area contributed by atoms with Gasteiger partial charge < -0.3 is 8.23 Å². The molecule has 0 aliphatic heterocycles. The van der Waals surface area contributed by atoms with Gasteiger partial charge in [-0.25, -0.2) is 0 Å². The molecule has 0 atom stereocenters. The maximum absolute atomic E-state index is 6.54. The van der Waals surface area contributed by atoms with Crippen molar-refractivity contribution in [1.82, 2.24) is 0 Å². The van der Waals surface area contributed by atoms with Crippen LogP contribution in [0.1, 0.15) is 13.8 Å². The first-order valence-corrected chi connectivity index (χ1v) is 21.3. The van der Waals surface area contributed by atoms with Crippen molar-refractivity contribution in [2.75, 3.05) is 0 Å². The smallest absolute Gasteiger partial charge is 0.173 e. The Morgan fingerprint density at radius 2 is 0.810 bits per heavy atom. The van der Waals surface area contributed by atoms with Gasteiger partial charge in [-0.05, 0) is 83.0 Å². The lowest BCUT2D eigenvalue weighted by Gasteiger charge is -2.42. The molecule has 0 radical (unpaired) electrons. The van der Waals surface area contributed by atoms with Crippen LogP contribution in [0.3, 0.4) is 0 Å². The third kappa shape index (κ3) is 11.9. The molecule has 0 N–H and O–H groups in total. The van der Waals surface area contributed by atoms with Crippen LogP contribution in [-0.4, -0.2) is 33.3 Å². The summed E-state index contributed by atoms with van der Waals surface area (Å²) in [5, 5.41) is 0. The molecule has 21 heavy (non-hydrogen) atoms. The maximum atomic E-state index is 6.54. The zero-order valence-corrected chi connectivity index (χ0v) is 20.7. The van der Waals surface area contributed by atoms with Crippen LogP contribution in [0.25, 0.3) is 0 Å². The lowest BCUT2D eigenvalue weighted by molar-refractivity contribution is 0.400. The van der Waals surface area contributed by atoms with Gasteiger partial charge in [0.15, 0.2) is 33.3 Å². The van der Waals surface area contributed by atoms with Gasteiger partial charge in [0, 0.05) is 0 Å².